The van der Waals surface area contributed by atoms with Gasteiger partial charge < -0.3 is 10.1 Å². The Morgan fingerprint density at radius 2 is 1.86 bits per heavy atom. The monoisotopic (exact) mass is 281 g/mol. The smallest absolute Gasteiger partial charge is 0.251 e. The van der Waals surface area contributed by atoms with E-state index in [0.717, 1.165) is 11.3 Å². The van der Waals surface area contributed by atoms with Crippen molar-refractivity contribution in [3.8, 4) is 5.75 Å². The van der Waals surface area contributed by atoms with Crippen LogP contribution in [0.2, 0.25) is 0 Å². The number of carbonyl (C=O) groups is 1. The lowest BCUT2D eigenvalue weighted by molar-refractivity contribution is 0.0937. The molecule has 3 nitrogen and oxygen atoms in total. The van der Waals surface area contributed by atoms with Gasteiger partial charge in [-0.25, -0.2) is 0 Å². The molecule has 2 rings (SSSR count). The topological polar surface area (TPSA) is 38.3 Å². The van der Waals surface area contributed by atoms with Crippen molar-refractivity contribution in [2.24, 2.45) is 0 Å². The summed E-state index contributed by atoms with van der Waals surface area (Å²) in [5.41, 5.74) is 1.68. The molecule has 1 N–H and O–H groups in total. The third-order valence-corrected chi connectivity index (χ3v) is 3.26. The molecule has 0 heterocycles. The Labute approximate surface area is 125 Å². The molecule has 0 radical (unpaired) electrons. The summed E-state index contributed by atoms with van der Waals surface area (Å²) < 4.78 is 5.09. The third-order valence-electron chi connectivity index (χ3n) is 3.26. The van der Waals surface area contributed by atoms with Crippen LogP contribution in [0.4, 0.5) is 0 Å². The lowest BCUT2D eigenvalue weighted by atomic mass is 10.0. The standard InChI is InChI=1S/C18H19NO2/c1-3-7-17(14-8-5-4-6-9-14)19-18(20)15-10-12-16(21-2)13-11-15/h3-6,8-13,17H,1,7H2,2H3,(H,19,20)/t17-/m1/s1. The van der Waals surface area contributed by atoms with E-state index in [1.807, 2.05) is 36.4 Å². The molecule has 0 aromatic heterocycles. The Morgan fingerprint density at radius 3 is 2.43 bits per heavy atom. The fourth-order valence-electron chi connectivity index (χ4n) is 2.11. The van der Waals surface area contributed by atoms with E-state index in [1.54, 1.807) is 31.4 Å². The van der Waals surface area contributed by atoms with Crippen molar-refractivity contribution in [2.45, 2.75) is 12.5 Å². The van der Waals surface area contributed by atoms with E-state index >= 15 is 0 Å². The molecule has 3 heteroatoms. The Kier molecular flexibility index (Phi) is 5.16. The minimum absolute atomic E-state index is 0.0710. The van der Waals surface area contributed by atoms with Crippen molar-refractivity contribution in [1.82, 2.24) is 5.32 Å². The van der Waals surface area contributed by atoms with Gasteiger partial charge in [-0.05, 0) is 36.2 Å². The SMILES string of the molecule is C=CC[C@@H](NC(=O)c1ccc(OC)cc1)c1ccccc1. The summed E-state index contributed by atoms with van der Waals surface area (Å²) in [5.74, 6) is 0.630. The zero-order valence-corrected chi connectivity index (χ0v) is 12.1. The first-order valence-corrected chi connectivity index (χ1v) is 6.85. The Balaban J connectivity index is 2.12. The predicted octanol–water partition coefficient (Wildman–Crippen LogP) is 3.74. The molecule has 0 aliphatic rings. The summed E-state index contributed by atoms with van der Waals surface area (Å²) in [7, 11) is 1.60. The molecule has 108 valence electrons. The molecule has 0 spiro atoms. The highest BCUT2D eigenvalue weighted by molar-refractivity contribution is 5.94. The summed E-state index contributed by atoms with van der Waals surface area (Å²) in [6, 6.07) is 16.9. The zero-order valence-electron chi connectivity index (χ0n) is 12.1. The van der Waals surface area contributed by atoms with E-state index in [-0.39, 0.29) is 11.9 Å². The predicted molar refractivity (Wildman–Crippen MR) is 84.5 cm³/mol. The number of hydrogen-bond donors (Lipinski definition) is 1. The lowest BCUT2D eigenvalue weighted by Crippen LogP contribution is -2.28. The maximum Gasteiger partial charge on any atom is 0.251 e. The van der Waals surface area contributed by atoms with Gasteiger partial charge in [0.15, 0.2) is 0 Å². The van der Waals surface area contributed by atoms with Crippen LogP contribution in [0.1, 0.15) is 28.4 Å². The quantitative estimate of drug-likeness (QED) is 0.819. The average molecular weight is 281 g/mol. The van der Waals surface area contributed by atoms with Crippen molar-refractivity contribution in [3.05, 3.63) is 78.4 Å². The number of carbonyl (C=O) groups excluding carboxylic acids is 1. The molecular weight excluding hydrogens is 262 g/mol. The van der Waals surface area contributed by atoms with Gasteiger partial charge in [0.25, 0.3) is 5.91 Å². The van der Waals surface area contributed by atoms with E-state index < -0.39 is 0 Å². The highest BCUT2D eigenvalue weighted by Crippen LogP contribution is 2.18. The Bertz CT molecular complexity index is 590. The summed E-state index contributed by atoms with van der Waals surface area (Å²) >= 11 is 0. The number of methoxy groups -OCH3 is 1. The van der Waals surface area contributed by atoms with Gasteiger partial charge in [0.1, 0.15) is 5.75 Å². The van der Waals surface area contributed by atoms with Crippen molar-refractivity contribution in [3.63, 3.8) is 0 Å². The van der Waals surface area contributed by atoms with E-state index in [1.165, 1.54) is 0 Å². The summed E-state index contributed by atoms with van der Waals surface area (Å²) in [4.78, 5) is 12.3. The van der Waals surface area contributed by atoms with Crippen LogP contribution in [-0.2, 0) is 0 Å². The van der Waals surface area contributed by atoms with Crippen molar-refractivity contribution < 1.29 is 9.53 Å². The largest absolute Gasteiger partial charge is 0.497 e. The zero-order chi connectivity index (χ0) is 15.1. The number of amides is 1. The fourth-order valence-corrected chi connectivity index (χ4v) is 2.11. The van der Waals surface area contributed by atoms with Crippen molar-refractivity contribution in [2.75, 3.05) is 7.11 Å². The third kappa shape index (κ3) is 3.96. The van der Waals surface area contributed by atoms with E-state index in [4.69, 9.17) is 4.74 Å². The molecule has 0 unspecified atom stereocenters. The normalized spacial score (nSPS) is 11.5. The highest BCUT2D eigenvalue weighted by Gasteiger charge is 2.14. The summed E-state index contributed by atoms with van der Waals surface area (Å²) in [6.07, 6.45) is 2.50. The van der Waals surface area contributed by atoms with Gasteiger partial charge in [-0.1, -0.05) is 36.4 Å². The molecule has 0 saturated heterocycles. The number of benzene rings is 2. The second-order valence-corrected chi connectivity index (χ2v) is 4.69. The summed E-state index contributed by atoms with van der Waals surface area (Å²) in [5, 5.41) is 3.04. The molecule has 1 atom stereocenters. The van der Waals surface area contributed by atoms with Gasteiger partial charge in [-0.2, -0.15) is 0 Å². The maximum atomic E-state index is 12.3. The number of ether oxygens (including phenoxy) is 1. The molecule has 0 aliphatic carbocycles. The van der Waals surface area contributed by atoms with Crippen LogP contribution in [-0.4, -0.2) is 13.0 Å². The Hall–Kier alpha value is -2.55. The van der Waals surface area contributed by atoms with Crippen LogP contribution >= 0.6 is 0 Å². The maximum absolute atomic E-state index is 12.3. The van der Waals surface area contributed by atoms with Crippen LogP contribution in [0.15, 0.2) is 67.3 Å². The fraction of sp³-hybridized carbons (Fsp3) is 0.167. The molecule has 0 bridgehead atoms. The molecule has 21 heavy (non-hydrogen) atoms. The molecule has 1 amide bonds. The van der Waals surface area contributed by atoms with Gasteiger partial charge in [0, 0.05) is 5.56 Å². The molecule has 2 aromatic rings. The first-order chi connectivity index (χ1) is 10.2. The van der Waals surface area contributed by atoms with Crippen LogP contribution in [0, 0.1) is 0 Å². The van der Waals surface area contributed by atoms with Crippen LogP contribution in [0.5, 0.6) is 5.75 Å². The van der Waals surface area contributed by atoms with Crippen molar-refractivity contribution in [1.29, 1.82) is 0 Å². The molecular formula is C18H19NO2. The molecule has 0 saturated carbocycles. The van der Waals surface area contributed by atoms with Gasteiger partial charge in [-0.15, -0.1) is 6.58 Å². The Morgan fingerprint density at radius 1 is 1.19 bits per heavy atom. The molecule has 0 fully saturated rings. The second kappa shape index (κ2) is 7.29. The highest BCUT2D eigenvalue weighted by atomic mass is 16.5. The van der Waals surface area contributed by atoms with E-state index in [2.05, 4.69) is 11.9 Å². The van der Waals surface area contributed by atoms with Gasteiger partial charge in [0.05, 0.1) is 13.2 Å². The van der Waals surface area contributed by atoms with E-state index in [9.17, 15) is 4.79 Å². The second-order valence-electron chi connectivity index (χ2n) is 4.69. The average Bonchev–Trinajstić information content (AvgIpc) is 2.55. The van der Waals surface area contributed by atoms with Gasteiger partial charge in [0.2, 0.25) is 0 Å². The molecule has 0 aliphatic heterocycles. The van der Waals surface area contributed by atoms with Gasteiger partial charge >= 0.3 is 0 Å². The molecule has 2 aromatic carbocycles. The number of rotatable bonds is 6. The van der Waals surface area contributed by atoms with Crippen LogP contribution in [0.3, 0.4) is 0 Å². The lowest BCUT2D eigenvalue weighted by Gasteiger charge is -2.17. The van der Waals surface area contributed by atoms with Crippen LogP contribution in [0.25, 0.3) is 0 Å². The number of hydrogen-bond acceptors (Lipinski definition) is 2. The van der Waals surface area contributed by atoms with Crippen LogP contribution < -0.4 is 10.1 Å². The first kappa shape index (κ1) is 14.9. The van der Waals surface area contributed by atoms with E-state index in [0.29, 0.717) is 12.0 Å². The number of nitrogens with one attached hydrogen (secondary N) is 1. The van der Waals surface area contributed by atoms with Gasteiger partial charge in [-0.3, -0.25) is 4.79 Å². The minimum Gasteiger partial charge on any atom is -0.497 e. The summed E-state index contributed by atoms with van der Waals surface area (Å²) in [6.45, 7) is 3.76. The van der Waals surface area contributed by atoms with Crippen molar-refractivity contribution >= 4 is 5.91 Å². The first-order valence-electron chi connectivity index (χ1n) is 6.85. The minimum atomic E-state index is -0.103.